The minimum Gasteiger partial charge on any atom is -0.464 e. The molecule has 0 saturated heterocycles. The number of methoxy groups -OCH3 is 1. The highest BCUT2D eigenvalue weighted by atomic mass is 35.5. The average Bonchev–Trinajstić information content (AvgIpc) is 3.26. The summed E-state index contributed by atoms with van der Waals surface area (Å²) in [5.74, 6) is -0.228. The molecule has 0 N–H and O–H groups in total. The van der Waals surface area contributed by atoms with Crippen LogP contribution in [-0.2, 0) is 4.74 Å². The number of ether oxygens (including phenoxy) is 1. The second-order valence-corrected chi connectivity index (χ2v) is 6.16. The number of nitrogens with zero attached hydrogens (tertiary/aromatic N) is 8. The molecule has 11 nitrogen and oxygen atoms in total. The molecule has 0 unspecified atom stereocenters. The zero-order valence-electron chi connectivity index (χ0n) is 16.4. The summed E-state index contributed by atoms with van der Waals surface area (Å²) in [6.07, 6.45) is 9.12. The summed E-state index contributed by atoms with van der Waals surface area (Å²) in [6, 6.07) is 4.75. The summed E-state index contributed by atoms with van der Waals surface area (Å²) in [7, 11) is 1.28. The van der Waals surface area contributed by atoms with Crippen LogP contribution in [0.4, 0.5) is 0 Å². The number of aromatic nitrogens is 8. The SMILES string of the molecule is CC(=O)c1cnccn1.COC(=O)c1cc(-c2cnccn2)n(-c2ccc(Cl)nn2)n1. The summed E-state index contributed by atoms with van der Waals surface area (Å²) in [5.41, 5.74) is 1.60. The van der Waals surface area contributed by atoms with E-state index in [1.807, 2.05) is 0 Å². The van der Waals surface area contributed by atoms with Crippen molar-refractivity contribution < 1.29 is 14.3 Å². The van der Waals surface area contributed by atoms with E-state index in [2.05, 4.69) is 40.0 Å². The quantitative estimate of drug-likeness (QED) is 0.344. The van der Waals surface area contributed by atoms with E-state index in [-0.39, 0.29) is 16.6 Å². The number of halogens is 1. The summed E-state index contributed by atoms with van der Waals surface area (Å²) in [4.78, 5) is 37.9. The Morgan fingerprint density at radius 3 is 2.23 bits per heavy atom. The number of ketones is 1. The molecule has 0 saturated carbocycles. The predicted octanol–water partition coefficient (Wildman–Crippen LogP) is 2.24. The highest BCUT2D eigenvalue weighted by Gasteiger charge is 2.18. The Morgan fingerprint density at radius 1 is 0.968 bits per heavy atom. The third-order valence-corrected chi connectivity index (χ3v) is 3.89. The van der Waals surface area contributed by atoms with Crippen molar-refractivity contribution in [2.75, 3.05) is 7.11 Å². The predicted molar refractivity (Wildman–Crippen MR) is 109 cm³/mol. The molecule has 0 fully saturated rings. The van der Waals surface area contributed by atoms with E-state index in [1.54, 1.807) is 30.6 Å². The molecule has 4 heterocycles. The fraction of sp³-hybridized carbons (Fsp3) is 0.105. The zero-order valence-corrected chi connectivity index (χ0v) is 17.1. The van der Waals surface area contributed by atoms with Crippen LogP contribution >= 0.6 is 11.6 Å². The zero-order chi connectivity index (χ0) is 22.2. The van der Waals surface area contributed by atoms with Gasteiger partial charge >= 0.3 is 5.97 Å². The molecule has 0 bridgehead atoms. The Bertz CT molecular complexity index is 1170. The maximum atomic E-state index is 11.7. The molecular weight excluding hydrogens is 424 g/mol. The smallest absolute Gasteiger partial charge is 0.358 e. The fourth-order valence-corrected chi connectivity index (χ4v) is 2.38. The number of carbonyl (C=O) groups excluding carboxylic acids is 2. The largest absolute Gasteiger partial charge is 0.464 e. The molecule has 4 rings (SSSR count). The van der Waals surface area contributed by atoms with Gasteiger partial charge in [-0.3, -0.25) is 19.7 Å². The molecule has 0 aliphatic heterocycles. The van der Waals surface area contributed by atoms with Crippen LogP contribution in [0, 0.1) is 0 Å². The molecule has 0 amide bonds. The van der Waals surface area contributed by atoms with Crippen molar-refractivity contribution in [3.63, 3.8) is 0 Å². The Kier molecular flexibility index (Phi) is 7.01. The van der Waals surface area contributed by atoms with Gasteiger partial charge in [0, 0.05) is 37.8 Å². The van der Waals surface area contributed by atoms with E-state index in [0.29, 0.717) is 22.9 Å². The Hall–Kier alpha value is -4.12. The van der Waals surface area contributed by atoms with Gasteiger partial charge in [-0.2, -0.15) is 5.10 Å². The van der Waals surface area contributed by atoms with Crippen LogP contribution in [0.2, 0.25) is 5.15 Å². The van der Waals surface area contributed by atoms with Crippen molar-refractivity contribution in [2.24, 2.45) is 0 Å². The number of rotatable bonds is 4. The van der Waals surface area contributed by atoms with E-state index in [4.69, 9.17) is 11.6 Å². The molecule has 0 radical (unpaired) electrons. The molecule has 0 atom stereocenters. The normalized spacial score (nSPS) is 10.0. The van der Waals surface area contributed by atoms with Gasteiger partial charge in [0.25, 0.3) is 0 Å². The lowest BCUT2D eigenvalue weighted by molar-refractivity contribution is 0.0593. The first-order valence-corrected chi connectivity index (χ1v) is 9.08. The van der Waals surface area contributed by atoms with E-state index in [1.165, 1.54) is 43.5 Å². The summed E-state index contributed by atoms with van der Waals surface area (Å²) in [5, 5.41) is 12.2. The third-order valence-electron chi connectivity index (χ3n) is 3.69. The highest BCUT2D eigenvalue weighted by molar-refractivity contribution is 6.29. The Balaban J connectivity index is 0.000000254. The number of carbonyl (C=O) groups is 2. The summed E-state index contributed by atoms with van der Waals surface area (Å²) < 4.78 is 6.12. The first-order chi connectivity index (χ1) is 15.0. The standard InChI is InChI=1S/C13H9ClN6O2.C6H6N2O/c1-22-13(21)8-6-10(9-7-15-4-5-16-9)20(19-8)12-3-2-11(14)17-18-12;1-5(9)6-4-7-2-3-8-6/h2-7H,1H3;2-4H,1H3. The van der Waals surface area contributed by atoms with Gasteiger partial charge in [-0.25, -0.2) is 14.5 Å². The maximum Gasteiger partial charge on any atom is 0.358 e. The second-order valence-electron chi connectivity index (χ2n) is 5.77. The van der Waals surface area contributed by atoms with Crippen molar-refractivity contribution in [3.05, 3.63) is 71.9 Å². The van der Waals surface area contributed by atoms with E-state index < -0.39 is 5.97 Å². The van der Waals surface area contributed by atoms with Gasteiger partial charge in [-0.15, -0.1) is 10.2 Å². The lowest BCUT2D eigenvalue weighted by Gasteiger charge is -2.04. The monoisotopic (exact) mass is 438 g/mol. The minimum absolute atomic E-state index is 0.0527. The van der Waals surface area contributed by atoms with Gasteiger partial charge in [-0.05, 0) is 12.1 Å². The molecule has 4 aromatic rings. The molecule has 0 aliphatic rings. The van der Waals surface area contributed by atoms with Crippen LogP contribution in [-0.4, -0.2) is 58.8 Å². The molecule has 0 spiro atoms. The molecule has 0 aliphatic carbocycles. The topological polar surface area (TPSA) is 139 Å². The number of hydrogen-bond acceptors (Lipinski definition) is 10. The summed E-state index contributed by atoms with van der Waals surface area (Å²) >= 11 is 5.73. The van der Waals surface area contributed by atoms with E-state index >= 15 is 0 Å². The van der Waals surface area contributed by atoms with Crippen LogP contribution in [0.5, 0.6) is 0 Å². The van der Waals surface area contributed by atoms with Crippen molar-refractivity contribution >= 4 is 23.4 Å². The first kappa shape index (κ1) is 21.6. The summed E-state index contributed by atoms with van der Waals surface area (Å²) in [6.45, 7) is 1.46. The number of hydrogen-bond donors (Lipinski definition) is 0. The van der Waals surface area contributed by atoms with Gasteiger partial charge in [0.1, 0.15) is 11.4 Å². The van der Waals surface area contributed by atoms with Crippen molar-refractivity contribution in [3.8, 4) is 17.2 Å². The van der Waals surface area contributed by atoms with Crippen molar-refractivity contribution in [1.82, 2.24) is 39.9 Å². The van der Waals surface area contributed by atoms with Crippen molar-refractivity contribution in [1.29, 1.82) is 0 Å². The highest BCUT2D eigenvalue weighted by Crippen LogP contribution is 2.21. The molecule has 4 aromatic heterocycles. The van der Waals surface area contributed by atoms with Gasteiger partial charge in [0.05, 0.1) is 25.2 Å². The van der Waals surface area contributed by atoms with Gasteiger partial charge in [0.2, 0.25) is 0 Å². The van der Waals surface area contributed by atoms with Crippen LogP contribution in [0.3, 0.4) is 0 Å². The number of Topliss-reactive ketones (excluding diaryl/α,β-unsaturated/α-hetero) is 1. The lowest BCUT2D eigenvalue weighted by atomic mass is 10.3. The van der Waals surface area contributed by atoms with Crippen LogP contribution in [0.1, 0.15) is 27.9 Å². The van der Waals surface area contributed by atoms with Crippen molar-refractivity contribution in [2.45, 2.75) is 6.92 Å². The second kappa shape index (κ2) is 10.1. The van der Waals surface area contributed by atoms with E-state index in [9.17, 15) is 9.59 Å². The third kappa shape index (κ3) is 5.48. The van der Waals surface area contributed by atoms with Crippen LogP contribution in [0.25, 0.3) is 17.2 Å². The van der Waals surface area contributed by atoms with Gasteiger partial charge in [-0.1, -0.05) is 11.6 Å². The first-order valence-electron chi connectivity index (χ1n) is 8.71. The maximum absolute atomic E-state index is 11.7. The molecule has 31 heavy (non-hydrogen) atoms. The Labute approximate surface area is 181 Å². The van der Waals surface area contributed by atoms with Gasteiger partial charge in [0.15, 0.2) is 22.4 Å². The average molecular weight is 439 g/mol. The molecule has 12 heteroatoms. The fourth-order valence-electron chi connectivity index (χ4n) is 2.28. The molecule has 0 aromatic carbocycles. The van der Waals surface area contributed by atoms with E-state index in [0.717, 1.165) is 0 Å². The Morgan fingerprint density at radius 2 is 1.71 bits per heavy atom. The lowest BCUT2D eigenvalue weighted by Crippen LogP contribution is -2.06. The van der Waals surface area contributed by atoms with Crippen LogP contribution < -0.4 is 0 Å². The van der Waals surface area contributed by atoms with Crippen LogP contribution in [0.15, 0.2) is 55.4 Å². The molecular formula is C19H15ClN8O3. The number of esters is 1. The molecule has 156 valence electrons. The minimum atomic E-state index is -0.564. The van der Waals surface area contributed by atoms with Gasteiger partial charge < -0.3 is 4.74 Å².